The van der Waals surface area contributed by atoms with Crippen LogP contribution in [0.5, 0.6) is 0 Å². The lowest BCUT2D eigenvalue weighted by Gasteiger charge is -2.48. The lowest BCUT2D eigenvalue weighted by atomic mass is 9.69. The highest BCUT2D eigenvalue weighted by molar-refractivity contribution is 5.00. The molecule has 2 heteroatoms. The van der Waals surface area contributed by atoms with Crippen LogP contribution >= 0.6 is 0 Å². The van der Waals surface area contributed by atoms with Crippen LogP contribution < -0.4 is 5.32 Å². The Morgan fingerprint density at radius 1 is 1.10 bits per heavy atom. The summed E-state index contributed by atoms with van der Waals surface area (Å²) in [5.74, 6) is 1.72. The monoisotopic (exact) mass is 295 g/mol. The third-order valence-electron chi connectivity index (χ3n) is 5.76. The maximum Gasteiger partial charge on any atom is 0.0837 e. The van der Waals surface area contributed by atoms with Gasteiger partial charge in [-0.3, -0.25) is 0 Å². The van der Waals surface area contributed by atoms with Crippen LogP contribution in [0.15, 0.2) is 0 Å². The van der Waals surface area contributed by atoms with Crippen LogP contribution in [0, 0.1) is 11.8 Å². The first-order chi connectivity index (χ1) is 10.2. The summed E-state index contributed by atoms with van der Waals surface area (Å²) in [5.41, 5.74) is 0.129. The van der Waals surface area contributed by atoms with Gasteiger partial charge in [-0.25, -0.2) is 0 Å². The number of nitrogens with one attached hydrogen (secondary N) is 1. The minimum absolute atomic E-state index is 0.129. The van der Waals surface area contributed by atoms with Crippen LogP contribution in [-0.2, 0) is 4.74 Å². The molecule has 0 aromatic carbocycles. The van der Waals surface area contributed by atoms with Gasteiger partial charge in [0.2, 0.25) is 0 Å². The second-order valence-corrected chi connectivity index (χ2v) is 7.52. The summed E-state index contributed by atoms with van der Waals surface area (Å²) in [4.78, 5) is 0. The van der Waals surface area contributed by atoms with E-state index in [0.717, 1.165) is 25.0 Å². The van der Waals surface area contributed by atoms with Crippen molar-refractivity contribution in [2.24, 2.45) is 11.8 Å². The standard InChI is InChI=1S/C19H37NO/c1-4-14-20-18(17-11-9-10-16(3)15-17)19(21-5-2)12-7-6-8-13-19/h16-18,20H,4-15H2,1-3H3. The van der Waals surface area contributed by atoms with E-state index >= 15 is 0 Å². The average molecular weight is 296 g/mol. The van der Waals surface area contributed by atoms with Crippen molar-refractivity contribution in [2.75, 3.05) is 13.2 Å². The third kappa shape index (κ3) is 4.45. The highest BCUT2D eigenvalue weighted by Crippen LogP contribution is 2.42. The second-order valence-electron chi connectivity index (χ2n) is 7.52. The lowest BCUT2D eigenvalue weighted by molar-refractivity contribution is -0.107. The molecule has 0 aliphatic heterocycles. The van der Waals surface area contributed by atoms with E-state index in [4.69, 9.17) is 4.74 Å². The summed E-state index contributed by atoms with van der Waals surface area (Å²) in [6.45, 7) is 8.91. The number of ether oxygens (including phenoxy) is 1. The highest BCUT2D eigenvalue weighted by atomic mass is 16.5. The Morgan fingerprint density at radius 3 is 2.48 bits per heavy atom. The number of rotatable bonds is 7. The van der Waals surface area contributed by atoms with Crippen molar-refractivity contribution in [1.29, 1.82) is 0 Å². The largest absolute Gasteiger partial charge is 0.374 e. The molecule has 2 aliphatic rings. The Labute approximate surface area is 132 Å². The molecule has 0 saturated heterocycles. The van der Waals surface area contributed by atoms with Gasteiger partial charge in [-0.1, -0.05) is 46.0 Å². The summed E-state index contributed by atoms with van der Waals surface area (Å²) in [6.07, 6.45) is 13.5. The molecule has 0 aromatic rings. The van der Waals surface area contributed by atoms with Crippen LogP contribution in [0.4, 0.5) is 0 Å². The Bertz CT molecular complexity index is 280. The third-order valence-corrected chi connectivity index (χ3v) is 5.76. The maximum atomic E-state index is 6.46. The maximum absolute atomic E-state index is 6.46. The molecule has 0 spiro atoms. The Hall–Kier alpha value is -0.0800. The Balaban J connectivity index is 2.14. The van der Waals surface area contributed by atoms with Gasteiger partial charge in [-0.2, -0.15) is 0 Å². The smallest absolute Gasteiger partial charge is 0.0837 e. The molecule has 0 bridgehead atoms. The van der Waals surface area contributed by atoms with E-state index in [2.05, 4.69) is 26.1 Å². The zero-order valence-corrected chi connectivity index (χ0v) is 14.6. The summed E-state index contributed by atoms with van der Waals surface area (Å²) < 4.78 is 6.46. The molecule has 2 fully saturated rings. The van der Waals surface area contributed by atoms with Gasteiger partial charge in [-0.05, 0) is 57.4 Å². The molecule has 2 saturated carbocycles. The van der Waals surface area contributed by atoms with Gasteiger partial charge >= 0.3 is 0 Å². The van der Waals surface area contributed by atoms with E-state index < -0.39 is 0 Å². The summed E-state index contributed by atoms with van der Waals surface area (Å²) in [6, 6.07) is 0.584. The average Bonchev–Trinajstić information content (AvgIpc) is 2.49. The van der Waals surface area contributed by atoms with E-state index in [0.29, 0.717) is 6.04 Å². The molecule has 1 N–H and O–H groups in total. The van der Waals surface area contributed by atoms with Gasteiger partial charge in [0, 0.05) is 12.6 Å². The fourth-order valence-electron chi connectivity index (χ4n) is 4.85. The van der Waals surface area contributed by atoms with Crippen LogP contribution in [0.3, 0.4) is 0 Å². The quantitative estimate of drug-likeness (QED) is 0.720. The fourth-order valence-corrected chi connectivity index (χ4v) is 4.85. The van der Waals surface area contributed by atoms with Gasteiger partial charge in [-0.15, -0.1) is 0 Å². The van der Waals surface area contributed by atoms with Gasteiger partial charge in [0.1, 0.15) is 0 Å². The van der Waals surface area contributed by atoms with Crippen LogP contribution in [0.25, 0.3) is 0 Å². The molecule has 2 rings (SSSR count). The molecule has 0 radical (unpaired) electrons. The van der Waals surface area contributed by atoms with Gasteiger partial charge in [0.15, 0.2) is 0 Å². The van der Waals surface area contributed by atoms with E-state index in [1.807, 2.05) is 0 Å². The van der Waals surface area contributed by atoms with E-state index in [-0.39, 0.29) is 5.60 Å². The minimum Gasteiger partial charge on any atom is -0.374 e. The molecule has 0 aromatic heterocycles. The molecule has 2 nitrogen and oxygen atoms in total. The summed E-state index contributed by atoms with van der Waals surface area (Å²) in [5, 5.41) is 3.93. The topological polar surface area (TPSA) is 21.3 Å². The molecule has 21 heavy (non-hydrogen) atoms. The van der Waals surface area contributed by atoms with Crippen LogP contribution in [0.1, 0.15) is 85.0 Å². The zero-order chi connectivity index (χ0) is 15.1. The van der Waals surface area contributed by atoms with Gasteiger partial charge in [0.05, 0.1) is 5.60 Å². The van der Waals surface area contributed by atoms with Crippen LogP contribution in [-0.4, -0.2) is 24.8 Å². The first-order valence-electron chi connectivity index (χ1n) is 9.59. The molecule has 0 amide bonds. The highest BCUT2D eigenvalue weighted by Gasteiger charge is 2.44. The predicted molar refractivity (Wildman–Crippen MR) is 90.6 cm³/mol. The minimum atomic E-state index is 0.129. The van der Waals surface area contributed by atoms with Gasteiger partial charge < -0.3 is 10.1 Å². The normalized spacial score (nSPS) is 31.0. The molecule has 124 valence electrons. The molecule has 0 heterocycles. The number of hydrogen-bond acceptors (Lipinski definition) is 2. The Kier molecular flexibility index (Phi) is 7.01. The fraction of sp³-hybridized carbons (Fsp3) is 1.00. The SMILES string of the molecule is CCCNC(C1CCCC(C)C1)C1(OCC)CCCCC1. The molecular formula is C19H37NO. The van der Waals surface area contributed by atoms with Gasteiger partial charge in [0.25, 0.3) is 0 Å². The van der Waals surface area contributed by atoms with E-state index in [9.17, 15) is 0 Å². The van der Waals surface area contributed by atoms with Crippen molar-refractivity contribution < 1.29 is 4.74 Å². The molecule has 2 aliphatic carbocycles. The van der Waals surface area contributed by atoms with E-state index in [1.165, 1.54) is 64.2 Å². The second kappa shape index (κ2) is 8.53. The van der Waals surface area contributed by atoms with Crippen molar-refractivity contribution in [2.45, 2.75) is 96.6 Å². The first kappa shape index (κ1) is 17.3. The molecular weight excluding hydrogens is 258 g/mol. The van der Waals surface area contributed by atoms with Crippen LogP contribution in [0.2, 0.25) is 0 Å². The zero-order valence-electron chi connectivity index (χ0n) is 14.6. The van der Waals surface area contributed by atoms with Crippen molar-refractivity contribution in [3.63, 3.8) is 0 Å². The summed E-state index contributed by atoms with van der Waals surface area (Å²) >= 11 is 0. The Morgan fingerprint density at radius 2 is 1.86 bits per heavy atom. The molecule has 3 atom stereocenters. The van der Waals surface area contributed by atoms with Crippen molar-refractivity contribution in [3.05, 3.63) is 0 Å². The van der Waals surface area contributed by atoms with Crippen molar-refractivity contribution in [3.8, 4) is 0 Å². The predicted octanol–water partition coefficient (Wildman–Crippen LogP) is 4.92. The van der Waals surface area contributed by atoms with E-state index in [1.54, 1.807) is 0 Å². The first-order valence-corrected chi connectivity index (χ1v) is 9.59. The van der Waals surface area contributed by atoms with Crippen molar-refractivity contribution >= 4 is 0 Å². The number of hydrogen-bond donors (Lipinski definition) is 1. The van der Waals surface area contributed by atoms with Crippen molar-refractivity contribution in [1.82, 2.24) is 5.32 Å². The lowest BCUT2D eigenvalue weighted by Crippen LogP contribution is -2.58. The molecule has 3 unspecified atom stereocenters. The summed E-state index contributed by atoms with van der Waals surface area (Å²) in [7, 11) is 0.